The Morgan fingerprint density at radius 2 is 2.00 bits per heavy atom. The van der Waals surface area contributed by atoms with E-state index >= 15 is 0 Å². The molecule has 18 heavy (non-hydrogen) atoms. The van der Waals surface area contributed by atoms with Crippen molar-refractivity contribution in [1.29, 1.82) is 0 Å². The molecule has 0 aliphatic heterocycles. The average molecular weight is 242 g/mol. The van der Waals surface area contributed by atoms with Crippen LogP contribution in [0.2, 0.25) is 0 Å². The van der Waals surface area contributed by atoms with Crippen molar-refractivity contribution in [3.63, 3.8) is 0 Å². The number of benzene rings is 2. The normalized spacial score (nSPS) is 10.5. The maximum atomic E-state index is 9.31. The molecule has 0 saturated heterocycles. The molecule has 0 amide bonds. The van der Waals surface area contributed by atoms with Crippen LogP contribution in [0, 0.1) is 0 Å². The number of hydrogen-bond acceptors (Lipinski definition) is 4. The van der Waals surface area contributed by atoms with E-state index in [1.807, 2.05) is 30.3 Å². The van der Waals surface area contributed by atoms with Crippen molar-refractivity contribution in [3.05, 3.63) is 54.1 Å². The summed E-state index contributed by atoms with van der Waals surface area (Å²) in [6.07, 6.45) is 1.63. The molecule has 0 heterocycles. The molecule has 0 atom stereocenters. The van der Waals surface area contributed by atoms with E-state index in [9.17, 15) is 5.11 Å². The summed E-state index contributed by atoms with van der Waals surface area (Å²) in [5, 5.41) is 13.4. The van der Waals surface area contributed by atoms with Crippen molar-refractivity contribution in [2.75, 3.05) is 12.5 Å². The molecule has 92 valence electrons. The van der Waals surface area contributed by atoms with E-state index < -0.39 is 0 Å². The first-order chi connectivity index (χ1) is 8.79. The lowest BCUT2D eigenvalue weighted by Gasteiger charge is -2.06. The fraction of sp³-hybridized carbons (Fsp3) is 0.0714. The smallest absolute Gasteiger partial charge is 0.143 e. The van der Waals surface area contributed by atoms with Crippen molar-refractivity contribution in [2.24, 2.45) is 5.10 Å². The Kier molecular flexibility index (Phi) is 3.81. The van der Waals surface area contributed by atoms with Crippen LogP contribution in [-0.2, 0) is 0 Å². The highest BCUT2D eigenvalue weighted by molar-refractivity contribution is 5.81. The lowest BCUT2D eigenvalue weighted by Crippen LogP contribution is -1.94. The topological polar surface area (TPSA) is 53.8 Å². The molecule has 0 bridgehead atoms. The van der Waals surface area contributed by atoms with Gasteiger partial charge in [0.1, 0.15) is 11.5 Å². The van der Waals surface area contributed by atoms with E-state index in [2.05, 4.69) is 10.5 Å². The van der Waals surface area contributed by atoms with Crippen molar-refractivity contribution < 1.29 is 9.84 Å². The number of nitrogens with zero attached hydrogens (tertiary/aromatic N) is 1. The summed E-state index contributed by atoms with van der Waals surface area (Å²) in [7, 11) is 1.61. The van der Waals surface area contributed by atoms with Crippen LogP contribution in [0.15, 0.2) is 53.6 Å². The van der Waals surface area contributed by atoms with Gasteiger partial charge in [0.2, 0.25) is 0 Å². The zero-order chi connectivity index (χ0) is 12.8. The number of ether oxygens (including phenoxy) is 1. The average Bonchev–Trinajstić information content (AvgIpc) is 2.39. The minimum absolute atomic E-state index is 0.219. The van der Waals surface area contributed by atoms with Gasteiger partial charge >= 0.3 is 0 Å². The van der Waals surface area contributed by atoms with Gasteiger partial charge in [-0.3, -0.25) is 5.43 Å². The quantitative estimate of drug-likeness (QED) is 0.640. The zero-order valence-electron chi connectivity index (χ0n) is 10.00. The van der Waals surface area contributed by atoms with E-state index in [0.717, 1.165) is 17.0 Å². The molecule has 0 fully saturated rings. The molecule has 4 nitrogen and oxygen atoms in total. The number of anilines is 1. The fourth-order valence-electron chi connectivity index (χ4n) is 1.52. The molecule has 2 aromatic rings. The minimum atomic E-state index is 0.219. The van der Waals surface area contributed by atoms with Gasteiger partial charge in [0.05, 0.1) is 19.0 Å². The van der Waals surface area contributed by atoms with Gasteiger partial charge in [-0.25, -0.2) is 0 Å². The molecule has 0 aliphatic carbocycles. The number of phenolic OH excluding ortho intramolecular Hbond substituents is 1. The minimum Gasteiger partial charge on any atom is -0.508 e. The number of hydrazone groups is 1. The van der Waals surface area contributed by atoms with Gasteiger partial charge in [0.15, 0.2) is 0 Å². The number of methoxy groups -OCH3 is 1. The summed E-state index contributed by atoms with van der Waals surface area (Å²) in [4.78, 5) is 0. The van der Waals surface area contributed by atoms with E-state index in [1.165, 1.54) is 0 Å². The van der Waals surface area contributed by atoms with Crippen LogP contribution in [0.3, 0.4) is 0 Å². The van der Waals surface area contributed by atoms with Gasteiger partial charge in [-0.05, 0) is 29.8 Å². The second-order valence-electron chi connectivity index (χ2n) is 3.67. The first-order valence-electron chi connectivity index (χ1n) is 5.51. The first-order valence-corrected chi connectivity index (χ1v) is 5.51. The second kappa shape index (κ2) is 5.72. The third kappa shape index (κ3) is 3.01. The van der Waals surface area contributed by atoms with E-state index in [0.29, 0.717) is 0 Å². The Balaban J connectivity index is 2.07. The SMILES string of the molecule is COc1ccccc1N/N=C/c1cccc(O)c1. The largest absolute Gasteiger partial charge is 0.508 e. The summed E-state index contributed by atoms with van der Waals surface area (Å²) in [5.41, 5.74) is 4.50. The highest BCUT2D eigenvalue weighted by Crippen LogP contribution is 2.22. The lowest BCUT2D eigenvalue weighted by atomic mass is 10.2. The number of para-hydroxylation sites is 2. The van der Waals surface area contributed by atoms with Crippen LogP contribution >= 0.6 is 0 Å². The number of hydrogen-bond donors (Lipinski definition) is 2. The predicted octanol–water partition coefficient (Wildman–Crippen LogP) is 2.85. The van der Waals surface area contributed by atoms with Gasteiger partial charge in [-0.2, -0.15) is 5.10 Å². The third-order valence-electron chi connectivity index (χ3n) is 2.38. The highest BCUT2D eigenvalue weighted by atomic mass is 16.5. The molecule has 0 radical (unpaired) electrons. The lowest BCUT2D eigenvalue weighted by molar-refractivity contribution is 0.416. The van der Waals surface area contributed by atoms with Crippen molar-refractivity contribution in [3.8, 4) is 11.5 Å². The molecule has 2 rings (SSSR count). The molecular weight excluding hydrogens is 228 g/mol. The maximum absolute atomic E-state index is 9.31. The van der Waals surface area contributed by atoms with Gasteiger partial charge in [-0.1, -0.05) is 24.3 Å². The van der Waals surface area contributed by atoms with E-state index in [1.54, 1.807) is 31.5 Å². The summed E-state index contributed by atoms with van der Waals surface area (Å²) in [6, 6.07) is 14.4. The van der Waals surface area contributed by atoms with Crippen LogP contribution in [0.25, 0.3) is 0 Å². The maximum Gasteiger partial charge on any atom is 0.143 e. The number of nitrogens with one attached hydrogen (secondary N) is 1. The van der Waals surface area contributed by atoms with Gasteiger partial charge in [0.25, 0.3) is 0 Å². The predicted molar refractivity (Wildman–Crippen MR) is 72.3 cm³/mol. The van der Waals surface area contributed by atoms with Crippen LogP contribution in [-0.4, -0.2) is 18.4 Å². The van der Waals surface area contributed by atoms with Crippen LogP contribution in [0.1, 0.15) is 5.56 Å². The summed E-state index contributed by atoms with van der Waals surface area (Å²) in [6.45, 7) is 0. The second-order valence-corrected chi connectivity index (χ2v) is 3.67. The molecule has 0 spiro atoms. The van der Waals surface area contributed by atoms with Crippen LogP contribution < -0.4 is 10.2 Å². The Morgan fingerprint density at radius 3 is 2.78 bits per heavy atom. The van der Waals surface area contributed by atoms with E-state index in [-0.39, 0.29) is 5.75 Å². The number of aromatic hydroxyl groups is 1. The Hall–Kier alpha value is -2.49. The van der Waals surface area contributed by atoms with Gasteiger partial charge in [-0.15, -0.1) is 0 Å². The Labute approximate surface area is 106 Å². The molecule has 2 N–H and O–H groups in total. The molecule has 4 heteroatoms. The summed E-state index contributed by atoms with van der Waals surface area (Å²) >= 11 is 0. The first kappa shape index (κ1) is 12.0. The van der Waals surface area contributed by atoms with Gasteiger partial charge < -0.3 is 9.84 Å². The number of rotatable bonds is 4. The molecular formula is C14H14N2O2. The molecule has 0 saturated carbocycles. The van der Waals surface area contributed by atoms with Gasteiger partial charge in [0, 0.05) is 0 Å². The van der Waals surface area contributed by atoms with Crippen LogP contribution in [0.4, 0.5) is 5.69 Å². The fourth-order valence-corrected chi connectivity index (χ4v) is 1.52. The molecule has 2 aromatic carbocycles. The monoisotopic (exact) mass is 242 g/mol. The number of phenols is 1. The summed E-state index contributed by atoms with van der Waals surface area (Å²) in [5.74, 6) is 0.946. The molecule has 0 unspecified atom stereocenters. The Bertz CT molecular complexity index is 553. The van der Waals surface area contributed by atoms with Crippen molar-refractivity contribution >= 4 is 11.9 Å². The Morgan fingerprint density at radius 1 is 1.17 bits per heavy atom. The van der Waals surface area contributed by atoms with Crippen LogP contribution in [0.5, 0.6) is 11.5 Å². The third-order valence-corrected chi connectivity index (χ3v) is 2.38. The summed E-state index contributed by atoms with van der Waals surface area (Å²) < 4.78 is 5.19. The van der Waals surface area contributed by atoms with Crippen molar-refractivity contribution in [2.45, 2.75) is 0 Å². The standard InChI is InChI=1S/C14H14N2O2/c1-18-14-8-3-2-7-13(14)16-15-10-11-5-4-6-12(17)9-11/h2-10,16-17H,1H3/b15-10+. The molecule has 0 aromatic heterocycles. The van der Waals surface area contributed by atoms with E-state index in [4.69, 9.17) is 4.74 Å². The van der Waals surface area contributed by atoms with Crippen molar-refractivity contribution in [1.82, 2.24) is 0 Å². The zero-order valence-corrected chi connectivity index (χ0v) is 10.00. The highest BCUT2D eigenvalue weighted by Gasteiger charge is 1.98. The molecule has 0 aliphatic rings.